The van der Waals surface area contributed by atoms with Crippen LogP contribution in [0.1, 0.15) is 26.2 Å². The van der Waals surface area contributed by atoms with E-state index in [-0.39, 0.29) is 18.1 Å². The third-order valence-electron chi connectivity index (χ3n) is 3.37. The monoisotopic (exact) mass is 257 g/mol. The van der Waals surface area contributed by atoms with Crippen molar-refractivity contribution in [1.82, 2.24) is 9.80 Å². The van der Waals surface area contributed by atoms with E-state index < -0.39 is 0 Å². The maximum atomic E-state index is 12.3. The summed E-state index contributed by atoms with van der Waals surface area (Å²) in [6, 6.07) is 0. The number of amides is 1. The molecule has 1 aliphatic heterocycles. The quantitative estimate of drug-likeness (QED) is 0.712. The highest BCUT2D eigenvalue weighted by Crippen LogP contribution is 2.20. The van der Waals surface area contributed by atoms with Gasteiger partial charge in [0.05, 0.1) is 6.10 Å². The summed E-state index contributed by atoms with van der Waals surface area (Å²) in [5.41, 5.74) is 5.56. The van der Waals surface area contributed by atoms with Crippen LogP contribution in [0.3, 0.4) is 0 Å². The van der Waals surface area contributed by atoms with E-state index in [9.17, 15) is 4.79 Å². The molecular formula is C13H27N3O2. The lowest BCUT2D eigenvalue weighted by molar-refractivity contribution is -0.142. The third kappa shape index (κ3) is 4.55. The standard InChI is InChI=1S/C13H27N3O2/c1-4-16(9-5-8-15(2)3)13(17)12-7-6-11(10-14)18-12/h11-12H,4-10,14H2,1-3H3. The maximum Gasteiger partial charge on any atom is 0.251 e. The van der Waals surface area contributed by atoms with Crippen molar-refractivity contribution >= 4 is 5.91 Å². The summed E-state index contributed by atoms with van der Waals surface area (Å²) in [4.78, 5) is 16.3. The van der Waals surface area contributed by atoms with Crippen molar-refractivity contribution in [2.45, 2.75) is 38.4 Å². The number of likely N-dealkylation sites (N-methyl/N-ethyl adjacent to an activating group) is 1. The van der Waals surface area contributed by atoms with E-state index >= 15 is 0 Å². The minimum absolute atomic E-state index is 0.0689. The van der Waals surface area contributed by atoms with Crippen LogP contribution < -0.4 is 5.73 Å². The molecular weight excluding hydrogens is 230 g/mol. The molecule has 1 heterocycles. The molecule has 0 aromatic carbocycles. The normalized spacial score (nSPS) is 23.6. The molecule has 0 aromatic rings. The molecule has 0 radical (unpaired) electrons. The van der Waals surface area contributed by atoms with E-state index in [1.54, 1.807) is 0 Å². The van der Waals surface area contributed by atoms with Crippen molar-refractivity contribution in [2.75, 3.05) is 40.3 Å². The van der Waals surface area contributed by atoms with Gasteiger partial charge in [0.15, 0.2) is 0 Å². The van der Waals surface area contributed by atoms with Gasteiger partial charge in [-0.15, -0.1) is 0 Å². The molecule has 0 aliphatic carbocycles. The van der Waals surface area contributed by atoms with Gasteiger partial charge < -0.3 is 20.3 Å². The first-order chi connectivity index (χ1) is 8.58. The van der Waals surface area contributed by atoms with Crippen molar-refractivity contribution in [3.05, 3.63) is 0 Å². The Balaban J connectivity index is 2.37. The van der Waals surface area contributed by atoms with E-state index in [1.807, 2.05) is 25.9 Å². The Bertz CT molecular complexity index is 259. The van der Waals surface area contributed by atoms with E-state index in [0.717, 1.165) is 38.9 Å². The van der Waals surface area contributed by atoms with Crippen LogP contribution in [0.2, 0.25) is 0 Å². The second kappa shape index (κ2) is 7.71. The van der Waals surface area contributed by atoms with Gasteiger partial charge in [-0.1, -0.05) is 0 Å². The van der Waals surface area contributed by atoms with Crippen LogP contribution in [0, 0.1) is 0 Å². The molecule has 2 atom stereocenters. The van der Waals surface area contributed by atoms with Gasteiger partial charge in [0.2, 0.25) is 0 Å². The predicted octanol–water partition coefficient (Wildman–Crippen LogP) is 0.293. The highest BCUT2D eigenvalue weighted by atomic mass is 16.5. The maximum absolute atomic E-state index is 12.3. The van der Waals surface area contributed by atoms with Crippen molar-refractivity contribution in [2.24, 2.45) is 5.73 Å². The van der Waals surface area contributed by atoms with Crippen LogP contribution in [0.5, 0.6) is 0 Å². The lowest BCUT2D eigenvalue weighted by atomic mass is 10.1. The zero-order valence-electron chi connectivity index (χ0n) is 11.9. The average molecular weight is 257 g/mol. The highest BCUT2D eigenvalue weighted by Gasteiger charge is 2.32. The van der Waals surface area contributed by atoms with Gasteiger partial charge in [-0.25, -0.2) is 0 Å². The molecule has 106 valence electrons. The molecule has 18 heavy (non-hydrogen) atoms. The van der Waals surface area contributed by atoms with Gasteiger partial charge in [-0.2, -0.15) is 0 Å². The Morgan fingerprint density at radius 2 is 2.06 bits per heavy atom. The van der Waals surface area contributed by atoms with Gasteiger partial charge in [0.1, 0.15) is 6.10 Å². The molecule has 0 aromatic heterocycles. The minimum atomic E-state index is -0.266. The van der Waals surface area contributed by atoms with Crippen LogP contribution in [0.4, 0.5) is 0 Å². The summed E-state index contributed by atoms with van der Waals surface area (Å²) >= 11 is 0. The summed E-state index contributed by atoms with van der Waals surface area (Å²) in [5, 5.41) is 0. The Labute approximate surface area is 110 Å². The van der Waals surface area contributed by atoms with Crippen LogP contribution >= 0.6 is 0 Å². The van der Waals surface area contributed by atoms with Gasteiger partial charge in [-0.3, -0.25) is 4.79 Å². The molecule has 2 unspecified atom stereocenters. The summed E-state index contributed by atoms with van der Waals surface area (Å²) in [7, 11) is 4.09. The zero-order chi connectivity index (χ0) is 13.5. The number of hydrogen-bond donors (Lipinski definition) is 1. The molecule has 0 saturated carbocycles. The van der Waals surface area contributed by atoms with Crippen LogP contribution in [-0.2, 0) is 9.53 Å². The first kappa shape index (κ1) is 15.4. The second-order valence-corrected chi connectivity index (χ2v) is 5.13. The summed E-state index contributed by atoms with van der Waals surface area (Å²) in [6.45, 7) is 5.08. The van der Waals surface area contributed by atoms with Crippen molar-refractivity contribution < 1.29 is 9.53 Å². The third-order valence-corrected chi connectivity index (χ3v) is 3.37. The second-order valence-electron chi connectivity index (χ2n) is 5.13. The lowest BCUT2D eigenvalue weighted by Gasteiger charge is -2.25. The van der Waals surface area contributed by atoms with Gasteiger partial charge in [0.25, 0.3) is 5.91 Å². The van der Waals surface area contributed by atoms with Crippen LogP contribution in [0.15, 0.2) is 0 Å². The Kier molecular flexibility index (Phi) is 6.60. The molecule has 0 bridgehead atoms. The average Bonchev–Trinajstić information content (AvgIpc) is 2.82. The molecule has 1 saturated heterocycles. The number of nitrogens with two attached hydrogens (primary N) is 1. The Morgan fingerprint density at radius 3 is 2.56 bits per heavy atom. The molecule has 1 fully saturated rings. The Hall–Kier alpha value is -0.650. The molecule has 1 amide bonds. The smallest absolute Gasteiger partial charge is 0.251 e. The molecule has 5 nitrogen and oxygen atoms in total. The molecule has 0 spiro atoms. The summed E-state index contributed by atoms with van der Waals surface area (Å²) in [6.07, 6.45) is 2.52. The highest BCUT2D eigenvalue weighted by molar-refractivity contribution is 5.81. The van der Waals surface area contributed by atoms with Gasteiger partial charge >= 0.3 is 0 Å². The van der Waals surface area contributed by atoms with Gasteiger partial charge in [-0.05, 0) is 46.8 Å². The number of carbonyl (C=O) groups is 1. The van der Waals surface area contributed by atoms with E-state index in [0.29, 0.717) is 6.54 Å². The fourth-order valence-electron chi connectivity index (χ4n) is 2.27. The fraction of sp³-hybridized carbons (Fsp3) is 0.923. The largest absolute Gasteiger partial charge is 0.364 e. The first-order valence-corrected chi connectivity index (χ1v) is 6.87. The van der Waals surface area contributed by atoms with E-state index in [1.165, 1.54) is 0 Å². The zero-order valence-corrected chi connectivity index (χ0v) is 11.9. The fourth-order valence-corrected chi connectivity index (χ4v) is 2.27. The topological polar surface area (TPSA) is 58.8 Å². The molecule has 1 rings (SSSR count). The summed E-state index contributed by atoms with van der Waals surface area (Å²) in [5.74, 6) is 0.132. The van der Waals surface area contributed by atoms with Crippen LogP contribution in [0.25, 0.3) is 0 Å². The van der Waals surface area contributed by atoms with Crippen LogP contribution in [-0.4, -0.2) is 68.2 Å². The number of hydrogen-bond acceptors (Lipinski definition) is 4. The molecule has 5 heteroatoms. The number of ether oxygens (including phenoxy) is 1. The SMILES string of the molecule is CCN(CCCN(C)C)C(=O)C1CCC(CN)O1. The number of rotatable bonds is 7. The lowest BCUT2D eigenvalue weighted by Crippen LogP contribution is -2.40. The number of carbonyl (C=O) groups excluding carboxylic acids is 1. The molecule has 2 N–H and O–H groups in total. The van der Waals surface area contributed by atoms with Crippen molar-refractivity contribution in [3.63, 3.8) is 0 Å². The summed E-state index contributed by atoms with van der Waals surface area (Å²) < 4.78 is 5.66. The number of nitrogens with zero attached hydrogens (tertiary/aromatic N) is 2. The van der Waals surface area contributed by atoms with Crippen molar-refractivity contribution in [1.29, 1.82) is 0 Å². The Morgan fingerprint density at radius 1 is 1.33 bits per heavy atom. The van der Waals surface area contributed by atoms with E-state index in [2.05, 4.69) is 4.90 Å². The minimum Gasteiger partial charge on any atom is -0.364 e. The van der Waals surface area contributed by atoms with Crippen molar-refractivity contribution in [3.8, 4) is 0 Å². The molecule has 1 aliphatic rings. The predicted molar refractivity (Wildman–Crippen MR) is 72.4 cm³/mol. The van der Waals surface area contributed by atoms with E-state index in [4.69, 9.17) is 10.5 Å². The first-order valence-electron chi connectivity index (χ1n) is 6.87. The van der Waals surface area contributed by atoms with Gasteiger partial charge in [0, 0.05) is 19.6 Å².